The molecule has 1 aromatic carbocycles. The zero-order valence-electron chi connectivity index (χ0n) is 10.2. The Morgan fingerprint density at radius 3 is 2.67 bits per heavy atom. The molecule has 1 aromatic rings. The lowest BCUT2D eigenvalue weighted by molar-refractivity contribution is 0.0331. The molecular weight excluding hydrogens is 270 g/mol. The Morgan fingerprint density at radius 1 is 1.33 bits per heavy atom. The molecule has 5 heteroatoms. The van der Waals surface area contributed by atoms with E-state index < -0.39 is 16.4 Å². The van der Waals surface area contributed by atoms with Gasteiger partial charge in [-0.3, -0.25) is 4.21 Å². The monoisotopic (exact) mass is 287 g/mol. The van der Waals surface area contributed by atoms with Gasteiger partial charge in [-0.15, -0.1) is 0 Å². The van der Waals surface area contributed by atoms with Gasteiger partial charge in [0.05, 0.1) is 17.1 Å². The second-order valence-electron chi connectivity index (χ2n) is 4.79. The summed E-state index contributed by atoms with van der Waals surface area (Å²) < 4.78 is 12.1. The van der Waals surface area contributed by atoms with E-state index >= 15 is 0 Å². The van der Waals surface area contributed by atoms with E-state index in [4.69, 9.17) is 11.6 Å². The average Bonchev–Trinajstić information content (AvgIpc) is 2.32. The Hall–Kier alpha value is -0.420. The fourth-order valence-electron chi connectivity index (χ4n) is 2.18. The van der Waals surface area contributed by atoms with Crippen molar-refractivity contribution < 1.29 is 9.32 Å². The van der Waals surface area contributed by atoms with E-state index in [9.17, 15) is 9.32 Å². The molecule has 100 valence electrons. The Labute approximate surface area is 115 Å². The van der Waals surface area contributed by atoms with Crippen LogP contribution in [0.4, 0.5) is 0 Å². The largest absolute Gasteiger partial charge is 0.389 e. The highest BCUT2D eigenvalue weighted by Gasteiger charge is 2.31. The van der Waals surface area contributed by atoms with Gasteiger partial charge in [-0.2, -0.15) is 0 Å². The summed E-state index contributed by atoms with van der Waals surface area (Å²) in [4.78, 5) is 0. The fourth-order valence-corrected chi connectivity index (χ4v) is 4.05. The highest BCUT2D eigenvalue weighted by molar-refractivity contribution is 7.84. The lowest BCUT2D eigenvalue weighted by Crippen LogP contribution is -2.45. The predicted molar refractivity (Wildman–Crippen MR) is 75.2 cm³/mol. The van der Waals surface area contributed by atoms with E-state index in [0.717, 1.165) is 18.7 Å². The van der Waals surface area contributed by atoms with Crippen LogP contribution < -0.4 is 5.32 Å². The van der Waals surface area contributed by atoms with Crippen molar-refractivity contribution in [3.8, 4) is 0 Å². The Morgan fingerprint density at radius 2 is 2.00 bits per heavy atom. The quantitative estimate of drug-likeness (QED) is 0.886. The first kappa shape index (κ1) is 14.0. The molecule has 0 bridgehead atoms. The van der Waals surface area contributed by atoms with Crippen molar-refractivity contribution in [2.24, 2.45) is 0 Å². The maximum Gasteiger partial charge on any atom is 0.0786 e. The molecular formula is C13H18ClNO2S. The summed E-state index contributed by atoms with van der Waals surface area (Å²) in [6.45, 7) is 1.58. The van der Waals surface area contributed by atoms with Crippen molar-refractivity contribution in [2.45, 2.75) is 24.2 Å². The first-order valence-corrected chi connectivity index (χ1v) is 7.97. The van der Waals surface area contributed by atoms with Crippen LogP contribution in [0.5, 0.6) is 0 Å². The number of hydrogen-bond acceptors (Lipinski definition) is 3. The van der Waals surface area contributed by atoms with Crippen molar-refractivity contribution in [3.63, 3.8) is 0 Å². The minimum atomic E-state index is -1.08. The average molecular weight is 288 g/mol. The summed E-state index contributed by atoms with van der Waals surface area (Å²) in [6, 6.07) is 7.42. The molecule has 0 amide bonds. The number of nitrogens with one attached hydrogen (secondary N) is 1. The van der Waals surface area contributed by atoms with Crippen LogP contribution in [-0.2, 0) is 16.6 Å². The number of aliphatic hydroxyl groups is 1. The molecule has 1 atom stereocenters. The van der Waals surface area contributed by atoms with E-state index in [0.29, 0.717) is 29.4 Å². The molecule has 0 spiro atoms. The first-order valence-electron chi connectivity index (χ1n) is 6.11. The molecule has 1 aliphatic heterocycles. The SMILES string of the molecule is O=S(Cc1ccccc1Cl)CC1(O)CCNCC1. The number of halogens is 1. The second kappa shape index (κ2) is 6.15. The molecule has 2 rings (SSSR count). The standard InChI is InChI=1S/C13H18ClNO2S/c14-12-4-2-1-3-11(12)9-18(17)10-13(16)5-7-15-8-6-13/h1-4,15-16H,5-10H2. The van der Waals surface area contributed by atoms with Gasteiger partial charge in [0.2, 0.25) is 0 Å². The third-order valence-corrected chi connectivity index (χ3v) is 5.10. The molecule has 1 saturated heterocycles. The summed E-state index contributed by atoms with van der Waals surface area (Å²) >= 11 is 6.04. The minimum absolute atomic E-state index is 0.333. The van der Waals surface area contributed by atoms with Crippen molar-refractivity contribution >= 4 is 22.4 Å². The third kappa shape index (κ3) is 3.79. The van der Waals surface area contributed by atoms with Gasteiger partial charge in [0.15, 0.2) is 0 Å². The third-order valence-electron chi connectivity index (χ3n) is 3.24. The summed E-state index contributed by atoms with van der Waals surface area (Å²) in [6.07, 6.45) is 1.34. The van der Waals surface area contributed by atoms with Gasteiger partial charge in [-0.1, -0.05) is 29.8 Å². The smallest absolute Gasteiger partial charge is 0.0786 e. The molecule has 2 N–H and O–H groups in total. The minimum Gasteiger partial charge on any atom is -0.389 e. The Balaban J connectivity index is 1.94. The number of hydrogen-bond donors (Lipinski definition) is 2. The van der Waals surface area contributed by atoms with Crippen LogP contribution in [0.2, 0.25) is 5.02 Å². The fraction of sp³-hybridized carbons (Fsp3) is 0.538. The molecule has 0 saturated carbocycles. The maximum atomic E-state index is 12.1. The van der Waals surface area contributed by atoms with E-state index in [1.54, 1.807) is 6.07 Å². The van der Waals surface area contributed by atoms with Gasteiger partial charge < -0.3 is 10.4 Å². The summed E-state index contributed by atoms with van der Waals surface area (Å²) in [5.41, 5.74) is 0.104. The van der Waals surface area contributed by atoms with Gasteiger partial charge >= 0.3 is 0 Å². The molecule has 1 aliphatic rings. The molecule has 0 radical (unpaired) electrons. The molecule has 1 fully saturated rings. The summed E-state index contributed by atoms with van der Waals surface area (Å²) in [5.74, 6) is 0.745. The first-order chi connectivity index (χ1) is 8.59. The topological polar surface area (TPSA) is 49.3 Å². The predicted octanol–water partition coefficient (Wildman–Crippen LogP) is 1.70. The second-order valence-corrected chi connectivity index (χ2v) is 6.66. The molecule has 0 aliphatic carbocycles. The number of rotatable bonds is 4. The van der Waals surface area contributed by atoms with E-state index in [-0.39, 0.29) is 0 Å². The molecule has 18 heavy (non-hydrogen) atoms. The zero-order chi connectivity index (χ0) is 13.0. The van der Waals surface area contributed by atoms with Gasteiger partial charge in [0.25, 0.3) is 0 Å². The number of benzene rings is 1. The van der Waals surface area contributed by atoms with Gasteiger partial charge in [-0.05, 0) is 37.6 Å². The van der Waals surface area contributed by atoms with Crippen LogP contribution in [0.3, 0.4) is 0 Å². The molecule has 0 aromatic heterocycles. The summed E-state index contributed by atoms with van der Waals surface area (Å²) in [5, 5.41) is 14.2. The van der Waals surface area contributed by atoms with Gasteiger partial charge in [0.1, 0.15) is 0 Å². The van der Waals surface area contributed by atoms with Crippen LogP contribution in [0.15, 0.2) is 24.3 Å². The number of piperidine rings is 1. The van der Waals surface area contributed by atoms with Crippen molar-refractivity contribution in [3.05, 3.63) is 34.9 Å². The lowest BCUT2D eigenvalue weighted by Gasteiger charge is -2.32. The maximum absolute atomic E-state index is 12.1. The van der Waals surface area contributed by atoms with Crippen molar-refractivity contribution in [1.82, 2.24) is 5.32 Å². The Bertz CT molecular complexity index is 433. The van der Waals surface area contributed by atoms with E-state index in [2.05, 4.69) is 5.32 Å². The van der Waals surface area contributed by atoms with Crippen molar-refractivity contribution in [2.75, 3.05) is 18.8 Å². The normalized spacial score (nSPS) is 20.6. The Kier molecular flexibility index (Phi) is 4.78. The van der Waals surface area contributed by atoms with E-state index in [1.165, 1.54) is 0 Å². The van der Waals surface area contributed by atoms with Crippen molar-refractivity contribution in [1.29, 1.82) is 0 Å². The van der Waals surface area contributed by atoms with Gasteiger partial charge in [0, 0.05) is 15.8 Å². The summed E-state index contributed by atoms with van der Waals surface area (Å²) in [7, 11) is -1.08. The van der Waals surface area contributed by atoms with Crippen LogP contribution in [0.25, 0.3) is 0 Å². The lowest BCUT2D eigenvalue weighted by atomic mass is 9.95. The van der Waals surface area contributed by atoms with E-state index in [1.807, 2.05) is 18.2 Å². The van der Waals surface area contributed by atoms with Crippen LogP contribution >= 0.6 is 11.6 Å². The highest BCUT2D eigenvalue weighted by Crippen LogP contribution is 2.22. The molecule has 1 heterocycles. The zero-order valence-corrected chi connectivity index (χ0v) is 11.8. The molecule has 3 nitrogen and oxygen atoms in total. The van der Waals surface area contributed by atoms with Crippen LogP contribution in [-0.4, -0.2) is 33.8 Å². The highest BCUT2D eigenvalue weighted by atomic mass is 35.5. The van der Waals surface area contributed by atoms with Crippen LogP contribution in [0, 0.1) is 0 Å². The van der Waals surface area contributed by atoms with Gasteiger partial charge in [-0.25, -0.2) is 0 Å². The molecule has 1 unspecified atom stereocenters. The van der Waals surface area contributed by atoms with Crippen LogP contribution in [0.1, 0.15) is 18.4 Å².